The Morgan fingerprint density at radius 3 is 2.87 bits per heavy atom. The van der Waals surface area contributed by atoms with Crippen molar-refractivity contribution in [3.8, 4) is 5.75 Å². The molecule has 0 aliphatic carbocycles. The molecule has 1 amide bonds. The smallest absolute Gasteiger partial charge is 0.272 e. The summed E-state index contributed by atoms with van der Waals surface area (Å²) in [6.07, 6.45) is 0. The third-order valence-electron chi connectivity index (χ3n) is 3.74. The molecule has 1 aliphatic heterocycles. The van der Waals surface area contributed by atoms with Gasteiger partial charge in [0, 0.05) is 23.4 Å². The molecule has 0 atom stereocenters. The number of nitrogen functional groups attached to an aromatic ring is 1. The van der Waals surface area contributed by atoms with E-state index in [4.69, 9.17) is 15.9 Å². The molecular formula is C17H16FN3O2. The molecule has 3 rings (SSSR count). The number of para-hydroxylation sites is 1. The molecule has 0 fully saturated rings. The van der Waals surface area contributed by atoms with Gasteiger partial charge in [-0.25, -0.2) is 4.39 Å². The molecule has 0 aromatic heterocycles. The molecule has 2 aromatic carbocycles. The second kappa shape index (κ2) is 6.08. The largest absolute Gasteiger partial charge is 0.491 e. The van der Waals surface area contributed by atoms with Crippen molar-refractivity contribution in [3.63, 3.8) is 0 Å². The number of fused-ring (bicyclic) bond motifs is 1. The van der Waals surface area contributed by atoms with Crippen LogP contribution in [0.4, 0.5) is 10.1 Å². The number of rotatable bonds is 2. The fourth-order valence-corrected chi connectivity index (χ4v) is 2.52. The first-order valence-corrected chi connectivity index (χ1v) is 7.20. The Hall–Kier alpha value is -2.89. The topological polar surface area (TPSA) is 79.4 Å². The SMILES string of the molecule is N=C(C(=O)N1CCOc2ccccc2C1)c1cc(F)ccc1N. The normalized spacial score (nSPS) is 13.7. The molecule has 0 spiro atoms. The molecule has 0 bridgehead atoms. The first-order valence-electron chi connectivity index (χ1n) is 7.20. The first kappa shape index (κ1) is 15.0. The first-order chi connectivity index (χ1) is 11.1. The van der Waals surface area contributed by atoms with Crippen LogP contribution in [0.15, 0.2) is 42.5 Å². The second-order valence-electron chi connectivity index (χ2n) is 5.29. The highest BCUT2D eigenvalue weighted by Gasteiger charge is 2.24. The van der Waals surface area contributed by atoms with Gasteiger partial charge in [0.1, 0.15) is 23.9 Å². The number of ether oxygens (including phenoxy) is 1. The number of anilines is 1. The van der Waals surface area contributed by atoms with Gasteiger partial charge < -0.3 is 15.4 Å². The number of nitrogens with zero attached hydrogens (tertiary/aromatic N) is 1. The molecule has 0 saturated carbocycles. The molecule has 0 radical (unpaired) electrons. The quantitative estimate of drug-likeness (QED) is 0.659. The predicted octanol–water partition coefficient (Wildman–Crippen LogP) is 2.20. The average molecular weight is 313 g/mol. The number of carbonyl (C=O) groups is 1. The van der Waals surface area contributed by atoms with Crippen LogP contribution in [-0.4, -0.2) is 29.7 Å². The van der Waals surface area contributed by atoms with Gasteiger partial charge in [-0.3, -0.25) is 10.2 Å². The van der Waals surface area contributed by atoms with Gasteiger partial charge in [0.2, 0.25) is 0 Å². The summed E-state index contributed by atoms with van der Waals surface area (Å²) in [5.74, 6) is -0.293. The highest BCUT2D eigenvalue weighted by molar-refractivity contribution is 6.45. The number of halogens is 1. The van der Waals surface area contributed by atoms with Gasteiger partial charge in [-0.15, -0.1) is 0 Å². The van der Waals surface area contributed by atoms with E-state index in [1.807, 2.05) is 24.3 Å². The number of hydrogen-bond donors (Lipinski definition) is 2. The Balaban J connectivity index is 1.85. The fraction of sp³-hybridized carbons (Fsp3) is 0.176. The maximum absolute atomic E-state index is 13.4. The van der Waals surface area contributed by atoms with Crippen LogP contribution in [0, 0.1) is 11.2 Å². The average Bonchev–Trinajstić information content (AvgIpc) is 2.78. The molecule has 3 N–H and O–H groups in total. The molecule has 1 aliphatic rings. The van der Waals surface area contributed by atoms with E-state index >= 15 is 0 Å². The van der Waals surface area contributed by atoms with Crippen LogP contribution < -0.4 is 10.5 Å². The van der Waals surface area contributed by atoms with Crippen molar-refractivity contribution in [1.29, 1.82) is 5.41 Å². The summed E-state index contributed by atoms with van der Waals surface area (Å²) in [6.45, 7) is 1.03. The molecule has 0 saturated heterocycles. The lowest BCUT2D eigenvalue weighted by atomic mass is 10.1. The number of nitrogens with two attached hydrogens (primary N) is 1. The van der Waals surface area contributed by atoms with Crippen LogP contribution in [0.2, 0.25) is 0 Å². The molecule has 2 aromatic rings. The number of hydrogen-bond acceptors (Lipinski definition) is 4. The van der Waals surface area contributed by atoms with Crippen molar-refractivity contribution >= 4 is 17.3 Å². The third-order valence-corrected chi connectivity index (χ3v) is 3.74. The minimum absolute atomic E-state index is 0.105. The predicted molar refractivity (Wildman–Crippen MR) is 85.0 cm³/mol. The van der Waals surface area contributed by atoms with Crippen molar-refractivity contribution in [2.24, 2.45) is 0 Å². The van der Waals surface area contributed by atoms with Gasteiger partial charge in [0.25, 0.3) is 5.91 Å². The van der Waals surface area contributed by atoms with Gasteiger partial charge >= 0.3 is 0 Å². The molecular weight excluding hydrogens is 297 g/mol. The Morgan fingerprint density at radius 1 is 1.26 bits per heavy atom. The van der Waals surface area contributed by atoms with E-state index in [0.717, 1.165) is 17.4 Å². The monoisotopic (exact) mass is 313 g/mol. The lowest BCUT2D eigenvalue weighted by Gasteiger charge is -2.20. The highest BCUT2D eigenvalue weighted by atomic mass is 19.1. The van der Waals surface area contributed by atoms with Crippen LogP contribution >= 0.6 is 0 Å². The summed E-state index contributed by atoms with van der Waals surface area (Å²) < 4.78 is 19.0. The van der Waals surface area contributed by atoms with E-state index < -0.39 is 11.7 Å². The number of carbonyl (C=O) groups excluding carboxylic acids is 1. The molecule has 118 valence electrons. The van der Waals surface area contributed by atoms with Crippen molar-refractivity contribution in [2.75, 3.05) is 18.9 Å². The molecule has 6 heteroatoms. The molecule has 23 heavy (non-hydrogen) atoms. The van der Waals surface area contributed by atoms with E-state index in [0.29, 0.717) is 19.7 Å². The van der Waals surface area contributed by atoms with Gasteiger partial charge in [0.15, 0.2) is 0 Å². The maximum atomic E-state index is 13.4. The minimum Gasteiger partial charge on any atom is -0.491 e. The van der Waals surface area contributed by atoms with E-state index in [9.17, 15) is 9.18 Å². The third kappa shape index (κ3) is 3.01. The molecule has 5 nitrogen and oxygen atoms in total. The van der Waals surface area contributed by atoms with Crippen LogP contribution in [0.5, 0.6) is 5.75 Å². The maximum Gasteiger partial charge on any atom is 0.272 e. The Morgan fingerprint density at radius 2 is 2.04 bits per heavy atom. The van der Waals surface area contributed by atoms with Crippen molar-refractivity contribution in [1.82, 2.24) is 4.90 Å². The van der Waals surface area contributed by atoms with Crippen LogP contribution in [-0.2, 0) is 11.3 Å². The van der Waals surface area contributed by atoms with Crippen molar-refractivity contribution < 1.29 is 13.9 Å². The zero-order valence-electron chi connectivity index (χ0n) is 12.4. The highest BCUT2D eigenvalue weighted by Crippen LogP contribution is 2.23. The van der Waals surface area contributed by atoms with Crippen molar-refractivity contribution in [3.05, 3.63) is 59.4 Å². The summed E-state index contributed by atoms with van der Waals surface area (Å²) in [5, 5.41) is 8.09. The lowest BCUT2D eigenvalue weighted by molar-refractivity contribution is -0.124. The Kier molecular flexibility index (Phi) is 3.97. The summed E-state index contributed by atoms with van der Waals surface area (Å²) in [5.41, 5.74) is 6.63. The zero-order valence-corrected chi connectivity index (χ0v) is 12.4. The molecule has 0 unspecified atom stereocenters. The van der Waals surface area contributed by atoms with Gasteiger partial charge in [-0.05, 0) is 24.3 Å². The van der Waals surface area contributed by atoms with Crippen LogP contribution in [0.25, 0.3) is 0 Å². The van der Waals surface area contributed by atoms with Gasteiger partial charge in [-0.1, -0.05) is 18.2 Å². The van der Waals surface area contributed by atoms with Gasteiger partial charge in [0.05, 0.1) is 6.54 Å². The number of amides is 1. The van der Waals surface area contributed by atoms with Gasteiger partial charge in [-0.2, -0.15) is 0 Å². The summed E-state index contributed by atoms with van der Waals surface area (Å²) >= 11 is 0. The van der Waals surface area contributed by atoms with Crippen molar-refractivity contribution in [2.45, 2.75) is 6.54 Å². The summed E-state index contributed by atoms with van der Waals surface area (Å²) in [6, 6.07) is 11.1. The van der Waals surface area contributed by atoms with E-state index in [-0.39, 0.29) is 17.0 Å². The second-order valence-corrected chi connectivity index (χ2v) is 5.29. The van der Waals surface area contributed by atoms with E-state index in [1.165, 1.54) is 17.0 Å². The Bertz CT molecular complexity index is 776. The van der Waals surface area contributed by atoms with Crippen LogP contribution in [0.3, 0.4) is 0 Å². The fourth-order valence-electron chi connectivity index (χ4n) is 2.52. The van der Waals surface area contributed by atoms with E-state index in [1.54, 1.807) is 0 Å². The standard InChI is InChI=1S/C17H16FN3O2/c18-12-5-6-14(19)13(9-12)16(20)17(22)21-7-8-23-15-4-2-1-3-11(15)10-21/h1-6,9,20H,7-8,10,19H2. The minimum atomic E-state index is -0.531. The summed E-state index contributed by atoms with van der Waals surface area (Å²) in [4.78, 5) is 14.1. The lowest BCUT2D eigenvalue weighted by Crippen LogP contribution is -2.37. The summed E-state index contributed by atoms with van der Waals surface area (Å²) in [7, 11) is 0. The number of nitrogens with one attached hydrogen (secondary N) is 1. The van der Waals surface area contributed by atoms with E-state index in [2.05, 4.69) is 0 Å². The zero-order chi connectivity index (χ0) is 16.4. The Labute approximate surface area is 133 Å². The molecule has 1 heterocycles. The van der Waals surface area contributed by atoms with Crippen LogP contribution in [0.1, 0.15) is 11.1 Å². The number of benzene rings is 2.